The zero-order valence-electron chi connectivity index (χ0n) is 10.1. The molecule has 1 aromatic carbocycles. The molecule has 1 unspecified atom stereocenters. The molecule has 98 valence electrons. The number of benzene rings is 1. The van der Waals surface area contributed by atoms with E-state index in [0.29, 0.717) is 22.8 Å². The molecule has 2 rings (SSSR count). The number of amides is 1. The fraction of sp³-hybridized carbons (Fsp3) is 0.462. The third kappa shape index (κ3) is 2.44. The second-order valence-electron chi connectivity index (χ2n) is 4.53. The predicted octanol–water partition coefficient (Wildman–Crippen LogP) is 1.91. The Kier molecular flexibility index (Phi) is 4.09. The van der Waals surface area contributed by atoms with E-state index in [0.717, 1.165) is 19.3 Å². The van der Waals surface area contributed by atoms with Crippen LogP contribution >= 0.6 is 11.6 Å². The van der Waals surface area contributed by atoms with Crippen LogP contribution in [0.1, 0.15) is 29.6 Å². The molecule has 1 amide bonds. The van der Waals surface area contributed by atoms with Crippen molar-refractivity contribution >= 4 is 23.2 Å². The number of aliphatic hydroxyl groups excluding tert-OH is 1. The van der Waals surface area contributed by atoms with Gasteiger partial charge in [0.15, 0.2) is 0 Å². The van der Waals surface area contributed by atoms with Crippen molar-refractivity contribution in [1.29, 1.82) is 0 Å². The molecular weight excluding hydrogens is 252 g/mol. The van der Waals surface area contributed by atoms with E-state index in [1.165, 1.54) is 0 Å². The summed E-state index contributed by atoms with van der Waals surface area (Å²) in [5.41, 5.74) is 6.55. The summed E-state index contributed by atoms with van der Waals surface area (Å²) < 4.78 is 0. The first kappa shape index (κ1) is 13.2. The first-order valence-electron chi connectivity index (χ1n) is 6.11. The van der Waals surface area contributed by atoms with Gasteiger partial charge in [0.2, 0.25) is 0 Å². The van der Waals surface area contributed by atoms with Crippen LogP contribution in [-0.2, 0) is 0 Å². The number of hydrogen-bond donors (Lipinski definition) is 2. The third-order valence-corrected chi connectivity index (χ3v) is 3.67. The number of carbonyl (C=O) groups excluding carboxylic acids is 1. The molecule has 0 radical (unpaired) electrons. The number of anilines is 1. The number of rotatable bonds is 2. The highest BCUT2D eigenvalue weighted by Gasteiger charge is 2.29. The van der Waals surface area contributed by atoms with E-state index in [-0.39, 0.29) is 18.6 Å². The molecule has 3 N–H and O–H groups in total. The number of piperidine rings is 1. The molecule has 1 saturated heterocycles. The van der Waals surface area contributed by atoms with Crippen LogP contribution in [-0.4, -0.2) is 35.1 Å². The lowest BCUT2D eigenvalue weighted by atomic mass is 10.0. The number of nitrogen functional groups attached to an aromatic ring is 1. The molecule has 18 heavy (non-hydrogen) atoms. The number of nitrogens with two attached hydrogens (primary N) is 1. The van der Waals surface area contributed by atoms with Gasteiger partial charge >= 0.3 is 0 Å². The van der Waals surface area contributed by atoms with E-state index in [9.17, 15) is 9.90 Å². The van der Waals surface area contributed by atoms with Crippen LogP contribution in [0.5, 0.6) is 0 Å². The summed E-state index contributed by atoms with van der Waals surface area (Å²) in [4.78, 5) is 14.1. The second-order valence-corrected chi connectivity index (χ2v) is 4.94. The first-order chi connectivity index (χ1) is 8.65. The Morgan fingerprint density at radius 3 is 2.94 bits per heavy atom. The largest absolute Gasteiger partial charge is 0.398 e. The van der Waals surface area contributed by atoms with Gasteiger partial charge in [-0.25, -0.2) is 0 Å². The van der Waals surface area contributed by atoms with E-state index < -0.39 is 0 Å². The molecule has 0 aliphatic carbocycles. The number of hydrogen-bond acceptors (Lipinski definition) is 3. The number of carbonyl (C=O) groups is 1. The van der Waals surface area contributed by atoms with E-state index in [2.05, 4.69) is 0 Å². The molecule has 1 aliphatic rings. The maximum atomic E-state index is 12.5. The lowest BCUT2D eigenvalue weighted by Crippen LogP contribution is -2.45. The van der Waals surface area contributed by atoms with Crippen LogP contribution in [0.15, 0.2) is 18.2 Å². The standard InChI is InChI=1S/C13H17ClN2O2/c14-10-5-3-6-11(15)12(10)13(18)16-7-2-1-4-9(16)8-17/h3,5-6,9,17H,1-2,4,7-8,15H2. The summed E-state index contributed by atoms with van der Waals surface area (Å²) in [5.74, 6) is -0.183. The molecule has 0 bridgehead atoms. The quantitative estimate of drug-likeness (QED) is 0.805. The van der Waals surface area contributed by atoms with Crippen molar-refractivity contribution in [3.63, 3.8) is 0 Å². The summed E-state index contributed by atoms with van der Waals surface area (Å²) >= 11 is 6.04. The van der Waals surface area contributed by atoms with Crippen molar-refractivity contribution in [1.82, 2.24) is 4.90 Å². The van der Waals surface area contributed by atoms with Crippen LogP contribution in [0, 0.1) is 0 Å². The number of halogens is 1. The van der Waals surface area contributed by atoms with Crippen molar-refractivity contribution in [2.24, 2.45) is 0 Å². The Morgan fingerprint density at radius 2 is 2.28 bits per heavy atom. The van der Waals surface area contributed by atoms with Gasteiger partial charge in [0, 0.05) is 12.2 Å². The molecule has 1 aliphatic heterocycles. The zero-order valence-corrected chi connectivity index (χ0v) is 10.9. The van der Waals surface area contributed by atoms with Crippen molar-refractivity contribution in [3.8, 4) is 0 Å². The van der Waals surface area contributed by atoms with Crippen molar-refractivity contribution in [2.75, 3.05) is 18.9 Å². The predicted molar refractivity (Wildman–Crippen MR) is 71.6 cm³/mol. The van der Waals surface area contributed by atoms with Crippen LogP contribution in [0.25, 0.3) is 0 Å². The molecule has 0 aromatic heterocycles. The van der Waals surface area contributed by atoms with Crippen molar-refractivity contribution in [2.45, 2.75) is 25.3 Å². The number of nitrogens with zero attached hydrogens (tertiary/aromatic N) is 1. The molecule has 4 nitrogen and oxygen atoms in total. The van der Waals surface area contributed by atoms with Gasteiger partial charge in [-0.2, -0.15) is 0 Å². The van der Waals surface area contributed by atoms with Gasteiger partial charge in [-0.3, -0.25) is 4.79 Å². The normalized spacial score (nSPS) is 19.9. The fourth-order valence-corrected chi connectivity index (χ4v) is 2.63. The zero-order chi connectivity index (χ0) is 13.1. The Balaban J connectivity index is 2.30. The molecule has 1 heterocycles. The number of likely N-dealkylation sites (tertiary alicyclic amines) is 1. The minimum Gasteiger partial charge on any atom is -0.398 e. The van der Waals surface area contributed by atoms with Crippen LogP contribution in [0.3, 0.4) is 0 Å². The topological polar surface area (TPSA) is 66.6 Å². The average molecular weight is 269 g/mol. The third-order valence-electron chi connectivity index (χ3n) is 3.36. The molecule has 1 fully saturated rings. The highest BCUT2D eigenvalue weighted by atomic mass is 35.5. The maximum absolute atomic E-state index is 12.5. The average Bonchev–Trinajstić information content (AvgIpc) is 2.38. The van der Waals surface area contributed by atoms with Gasteiger partial charge in [0.1, 0.15) is 0 Å². The molecule has 5 heteroatoms. The van der Waals surface area contributed by atoms with Crippen molar-refractivity contribution < 1.29 is 9.90 Å². The lowest BCUT2D eigenvalue weighted by molar-refractivity contribution is 0.0504. The smallest absolute Gasteiger partial charge is 0.257 e. The van der Waals surface area contributed by atoms with Crippen LogP contribution < -0.4 is 5.73 Å². The molecule has 1 aromatic rings. The fourth-order valence-electron chi connectivity index (χ4n) is 2.37. The van der Waals surface area contributed by atoms with E-state index >= 15 is 0 Å². The van der Waals surface area contributed by atoms with Gasteiger partial charge in [0.05, 0.1) is 23.2 Å². The highest BCUT2D eigenvalue weighted by molar-refractivity contribution is 6.34. The Hall–Kier alpha value is -1.26. The van der Waals surface area contributed by atoms with Gasteiger partial charge in [-0.1, -0.05) is 17.7 Å². The van der Waals surface area contributed by atoms with E-state index in [1.807, 2.05) is 0 Å². The highest BCUT2D eigenvalue weighted by Crippen LogP contribution is 2.27. The van der Waals surface area contributed by atoms with E-state index in [4.69, 9.17) is 17.3 Å². The Morgan fingerprint density at radius 1 is 1.50 bits per heavy atom. The number of aliphatic hydroxyl groups is 1. The maximum Gasteiger partial charge on any atom is 0.257 e. The summed E-state index contributed by atoms with van der Waals surface area (Å²) in [6.07, 6.45) is 2.81. The van der Waals surface area contributed by atoms with Crippen LogP contribution in [0.2, 0.25) is 5.02 Å². The minimum absolute atomic E-state index is 0.0178. The first-order valence-corrected chi connectivity index (χ1v) is 6.48. The molecule has 0 saturated carbocycles. The molecule has 0 spiro atoms. The monoisotopic (exact) mass is 268 g/mol. The van der Waals surface area contributed by atoms with Gasteiger partial charge in [-0.15, -0.1) is 0 Å². The van der Waals surface area contributed by atoms with Crippen molar-refractivity contribution in [3.05, 3.63) is 28.8 Å². The second kappa shape index (κ2) is 5.59. The Labute approximate surface area is 111 Å². The summed E-state index contributed by atoms with van der Waals surface area (Å²) in [5, 5.41) is 9.70. The van der Waals surface area contributed by atoms with Gasteiger partial charge in [-0.05, 0) is 31.4 Å². The summed E-state index contributed by atoms with van der Waals surface area (Å²) in [6.45, 7) is 0.630. The SMILES string of the molecule is Nc1cccc(Cl)c1C(=O)N1CCCCC1CO. The summed E-state index contributed by atoms with van der Waals surface area (Å²) in [6, 6.07) is 4.91. The Bertz CT molecular complexity index is 430. The lowest BCUT2D eigenvalue weighted by Gasteiger charge is -2.35. The van der Waals surface area contributed by atoms with E-state index in [1.54, 1.807) is 23.1 Å². The molecule has 1 atom stereocenters. The summed E-state index contributed by atoms with van der Waals surface area (Å²) in [7, 11) is 0. The minimum atomic E-state index is -0.183. The van der Waals surface area contributed by atoms with Crippen LogP contribution in [0.4, 0.5) is 5.69 Å². The van der Waals surface area contributed by atoms with Gasteiger partial charge in [0.25, 0.3) is 5.91 Å². The molecular formula is C13H17ClN2O2. The van der Waals surface area contributed by atoms with Gasteiger partial charge < -0.3 is 15.7 Å².